The van der Waals surface area contributed by atoms with E-state index in [0.717, 1.165) is 5.92 Å². The van der Waals surface area contributed by atoms with E-state index in [-0.39, 0.29) is 0 Å². The van der Waals surface area contributed by atoms with E-state index in [0.29, 0.717) is 5.54 Å². The van der Waals surface area contributed by atoms with Crippen molar-refractivity contribution in [3.05, 3.63) is 0 Å². The van der Waals surface area contributed by atoms with Gasteiger partial charge in [0, 0.05) is 5.54 Å². The van der Waals surface area contributed by atoms with Crippen LogP contribution in [-0.2, 0) is 0 Å². The lowest BCUT2D eigenvalue weighted by Crippen LogP contribution is -2.52. The van der Waals surface area contributed by atoms with E-state index in [1.54, 1.807) is 0 Å². The molecule has 1 nitrogen and oxygen atoms in total. The molecule has 2 fully saturated rings. The Kier molecular flexibility index (Phi) is 2.92. The van der Waals surface area contributed by atoms with Gasteiger partial charge in [-0.15, -0.1) is 0 Å². The molecule has 1 N–H and O–H groups in total. The molecule has 0 bridgehead atoms. The van der Waals surface area contributed by atoms with Crippen molar-refractivity contribution in [2.75, 3.05) is 6.54 Å². The highest BCUT2D eigenvalue weighted by Gasteiger charge is 2.38. The van der Waals surface area contributed by atoms with E-state index < -0.39 is 0 Å². The average molecular weight is 181 g/mol. The van der Waals surface area contributed by atoms with Gasteiger partial charge in [-0.2, -0.15) is 0 Å². The van der Waals surface area contributed by atoms with Crippen LogP contribution in [0.3, 0.4) is 0 Å². The molecule has 0 spiro atoms. The monoisotopic (exact) mass is 181 g/mol. The molecular formula is C12H23N. The van der Waals surface area contributed by atoms with Crippen molar-refractivity contribution < 1.29 is 0 Å². The van der Waals surface area contributed by atoms with Gasteiger partial charge in [0.1, 0.15) is 0 Å². The zero-order chi connectivity index (χ0) is 9.15. The minimum atomic E-state index is 0.550. The average Bonchev–Trinajstić information content (AvgIpc) is 2.72. The molecule has 0 aromatic rings. The summed E-state index contributed by atoms with van der Waals surface area (Å²) in [5.74, 6) is 0.998. The van der Waals surface area contributed by atoms with E-state index in [2.05, 4.69) is 12.2 Å². The first-order valence-corrected chi connectivity index (χ1v) is 6.12. The van der Waals surface area contributed by atoms with E-state index in [4.69, 9.17) is 0 Å². The number of hydrogen-bond donors (Lipinski definition) is 1. The van der Waals surface area contributed by atoms with Gasteiger partial charge in [-0.1, -0.05) is 26.2 Å². The molecule has 0 aromatic heterocycles. The van der Waals surface area contributed by atoms with Crippen molar-refractivity contribution in [3.63, 3.8) is 0 Å². The summed E-state index contributed by atoms with van der Waals surface area (Å²) in [6.45, 7) is 3.64. The fourth-order valence-corrected chi connectivity index (χ4v) is 3.41. The molecule has 1 heteroatoms. The first-order chi connectivity index (χ1) is 6.37. The Bertz CT molecular complexity index is 153. The maximum atomic E-state index is 3.82. The second kappa shape index (κ2) is 4.00. The molecule has 76 valence electrons. The van der Waals surface area contributed by atoms with Gasteiger partial charge in [0.15, 0.2) is 0 Å². The number of rotatable bonds is 2. The summed E-state index contributed by atoms with van der Waals surface area (Å²) in [5, 5.41) is 3.82. The highest BCUT2D eigenvalue weighted by Crippen LogP contribution is 2.40. The molecule has 1 aliphatic heterocycles. The quantitative estimate of drug-likeness (QED) is 0.690. The summed E-state index contributed by atoms with van der Waals surface area (Å²) >= 11 is 0. The lowest BCUT2D eigenvalue weighted by molar-refractivity contribution is 0.157. The molecule has 0 radical (unpaired) electrons. The minimum absolute atomic E-state index is 0.550. The molecule has 1 unspecified atom stereocenters. The van der Waals surface area contributed by atoms with Crippen LogP contribution in [0.1, 0.15) is 58.3 Å². The van der Waals surface area contributed by atoms with E-state index in [1.807, 2.05) is 0 Å². The molecule has 1 saturated heterocycles. The minimum Gasteiger partial charge on any atom is -0.311 e. The summed E-state index contributed by atoms with van der Waals surface area (Å²) in [6.07, 6.45) is 11.6. The Balaban J connectivity index is 2.03. The highest BCUT2D eigenvalue weighted by atomic mass is 15.0. The summed E-state index contributed by atoms with van der Waals surface area (Å²) < 4.78 is 0. The first kappa shape index (κ1) is 9.51. The smallest absolute Gasteiger partial charge is 0.0207 e. The standard InChI is InChI=1S/C12H23N/c1-2-12(9-5-6-10-13-12)11-7-3-4-8-11/h11,13H,2-10H2,1H3. The third kappa shape index (κ3) is 1.76. The van der Waals surface area contributed by atoms with Gasteiger partial charge in [-0.25, -0.2) is 0 Å². The Morgan fingerprint density at radius 1 is 1.15 bits per heavy atom. The Morgan fingerprint density at radius 3 is 2.46 bits per heavy atom. The lowest BCUT2D eigenvalue weighted by Gasteiger charge is -2.43. The summed E-state index contributed by atoms with van der Waals surface area (Å²) in [7, 11) is 0. The van der Waals surface area contributed by atoms with E-state index in [1.165, 1.54) is 57.9 Å². The predicted molar refractivity (Wildman–Crippen MR) is 56.8 cm³/mol. The normalized spacial score (nSPS) is 36.7. The molecule has 1 heterocycles. The predicted octanol–water partition coefficient (Wildman–Crippen LogP) is 3.10. The van der Waals surface area contributed by atoms with Crippen molar-refractivity contribution in [1.29, 1.82) is 0 Å². The van der Waals surface area contributed by atoms with Gasteiger partial charge in [-0.3, -0.25) is 0 Å². The van der Waals surface area contributed by atoms with Gasteiger partial charge >= 0.3 is 0 Å². The van der Waals surface area contributed by atoms with Crippen LogP contribution in [0.25, 0.3) is 0 Å². The Morgan fingerprint density at radius 2 is 1.92 bits per heavy atom. The third-order valence-corrected chi connectivity index (χ3v) is 4.29. The number of piperidine rings is 1. The van der Waals surface area contributed by atoms with Crippen molar-refractivity contribution in [2.45, 2.75) is 63.8 Å². The number of hydrogen-bond acceptors (Lipinski definition) is 1. The number of nitrogens with one attached hydrogen (secondary N) is 1. The lowest BCUT2D eigenvalue weighted by atomic mass is 9.75. The van der Waals surface area contributed by atoms with E-state index in [9.17, 15) is 0 Å². The largest absolute Gasteiger partial charge is 0.311 e. The van der Waals surface area contributed by atoms with Crippen molar-refractivity contribution in [3.8, 4) is 0 Å². The van der Waals surface area contributed by atoms with Crippen LogP contribution in [-0.4, -0.2) is 12.1 Å². The second-order valence-corrected chi connectivity index (χ2v) is 4.87. The van der Waals surface area contributed by atoms with Gasteiger partial charge in [0.2, 0.25) is 0 Å². The fraction of sp³-hybridized carbons (Fsp3) is 1.00. The van der Waals surface area contributed by atoms with Crippen LogP contribution >= 0.6 is 0 Å². The molecule has 0 amide bonds. The van der Waals surface area contributed by atoms with Crippen LogP contribution in [0, 0.1) is 5.92 Å². The summed E-state index contributed by atoms with van der Waals surface area (Å²) in [5.41, 5.74) is 0.550. The second-order valence-electron chi connectivity index (χ2n) is 4.87. The fourth-order valence-electron chi connectivity index (χ4n) is 3.41. The van der Waals surface area contributed by atoms with Crippen LogP contribution in [0.4, 0.5) is 0 Å². The molecule has 2 aliphatic rings. The molecule has 1 aliphatic carbocycles. The molecule has 2 rings (SSSR count). The van der Waals surface area contributed by atoms with Crippen LogP contribution < -0.4 is 5.32 Å². The van der Waals surface area contributed by atoms with Crippen LogP contribution in [0.5, 0.6) is 0 Å². The molecule has 1 atom stereocenters. The SMILES string of the molecule is CCC1(C2CCCC2)CCCCN1. The molecule has 0 aromatic carbocycles. The van der Waals surface area contributed by atoms with E-state index >= 15 is 0 Å². The van der Waals surface area contributed by atoms with Gasteiger partial charge < -0.3 is 5.32 Å². The molecule has 1 saturated carbocycles. The maximum absolute atomic E-state index is 3.82. The van der Waals surface area contributed by atoms with Gasteiger partial charge in [0.25, 0.3) is 0 Å². The van der Waals surface area contributed by atoms with Crippen LogP contribution in [0.2, 0.25) is 0 Å². The summed E-state index contributed by atoms with van der Waals surface area (Å²) in [6, 6.07) is 0. The van der Waals surface area contributed by atoms with Gasteiger partial charge in [-0.05, 0) is 44.6 Å². The third-order valence-electron chi connectivity index (χ3n) is 4.29. The molecule has 13 heavy (non-hydrogen) atoms. The Labute approximate surface area is 82.3 Å². The first-order valence-electron chi connectivity index (χ1n) is 6.12. The topological polar surface area (TPSA) is 12.0 Å². The zero-order valence-corrected chi connectivity index (χ0v) is 8.94. The van der Waals surface area contributed by atoms with Gasteiger partial charge in [0.05, 0.1) is 0 Å². The summed E-state index contributed by atoms with van der Waals surface area (Å²) in [4.78, 5) is 0. The van der Waals surface area contributed by atoms with Crippen molar-refractivity contribution in [1.82, 2.24) is 5.32 Å². The zero-order valence-electron chi connectivity index (χ0n) is 8.94. The van der Waals surface area contributed by atoms with Crippen molar-refractivity contribution in [2.24, 2.45) is 5.92 Å². The van der Waals surface area contributed by atoms with Crippen molar-refractivity contribution >= 4 is 0 Å². The Hall–Kier alpha value is -0.0400. The maximum Gasteiger partial charge on any atom is 0.0207 e. The van der Waals surface area contributed by atoms with Crippen LogP contribution in [0.15, 0.2) is 0 Å². The highest BCUT2D eigenvalue weighted by molar-refractivity contribution is 4.97. The molecular weight excluding hydrogens is 158 g/mol.